The van der Waals surface area contributed by atoms with Crippen LogP contribution in [0.5, 0.6) is 0 Å². The highest BCUT2D eigenvalue weighted by Crippen LogP contribution is 2.16. The minimum atomic E-state index is -1.10. The molecule has 0 bridgehead atoms. The number of rotatable bonds is 10. The fourth-order valence-corrected chi connectivity index (χ4v) is 2.26. The van der Waals surface area contributed by atoms with Crippen molar-refractivity contribution in [3.8, 4) is 0 Å². The molecule has 0 saturated heterocycles. The molecule has 0 saturated carbocycles. The average Bonchev–Trinajstić information content (AvgIpc) is 2.55. The molecule has 0 aliphatic rings. The monoisotopic (exact) mass is 334 g/mol. The van der Waals surface area contributed by atoms with Gasteiger partial charge in [-0.15, -0.1) is 0 Å². The second-order valence-corrected chi connectivity index (χ2v) is 5.54. The van der Waals surface area contributed by atoms with Crippen molar-refractivity contribution in [1.29, 1.82) is 0 Å². The van der Waals surface area contributed by atoms with Gasteiger partial charge in [0.15, 0.2) is 0 Å². The summed E-state index contributed by atoms with van der Waals surface area (Å²) >= 11 is 0. The maximum absolute atomic E-state index is 11.9. The number of benzene rings is 1. The molecule has 1 atom stereocenters. The molecule has 0 spiro atoms. The van der Waals surface area contributed by atoms with E-state index in [1.165, 1.54) is 0 Å². The molecule has 132 valence electrons. The van der Waals surface area contributed by atoms with Crippen LogP contribution in [0.15, 0.2) is 24.3 Å². The van der Waals surface area contributed by atoms with Crippen LogP contribution in [0.25, 0.3) is 0 Å². The number of carbonyl (C=O) groups excluding carboxylic acids is 3. The van der Waals surface area contributed by atoms with E-state index in [0.29, 0.717) is 24.3 Å². The number of esters is 1. The van der Waals surface area contributed by atoms with Crippen molar-refractivity contribution in [3.63, 3.8) is 0 Å². The van der Waals surface area contributed by atoms with Crippen molar-refractivity contribution < 1.29 is 24.2 Å². The summed E-state index contributed by atoms with van der Waals surface area (Å²) < 4.78 is 4.88. The highest BCUT2D eigenvalue weighted by atomic mass is 16.5. The van der Waals surface area contributed by atoms with Gasteiger partial charge >= 0.3 is 5.97 Å². The van der Waals surface area contributed by atoms with Gasteiger partial charge in [-0.1, -0.05) is 19.8 Å². The summed E-state index contributed by atoms with van der Waals surface area (Å²) in [6.45, 7) is 4.01. The Morgan fingerprint density at radius 2 is 1.79 bits per heavy atom. The van der Waals surface area contributed by atoms with Gasteiger partial charge in [-0.25, -0.2) is 4.79 Å². The third-order valence-electron chi connectivity index (χ3n) is 3.64. The Morgan fingerprint density at radius 1 is 1.12 bits per heavy atom. The van der Waals surface area contributed by atoms with E-state index in [2.05, 4.69) is 5.32 Å². The first-order valence-electron chi connectivity index (χ1n) is 8.25. The van der Waals surface area contributed by atoms with Gasteiger partial charge in [-0.05, 0) is 49.9 Å². The Bertz CT molecular complexity index is 553. The lowest BCUT2D eigenvalue weighted by Gasteiger charge is -2.17. The zero-order valence-corrected chi connectivity index (χ0v) is 14.2. The first-order chi connectivity index (χ1) is 11.5. The van der Waals surface area contributed by atoms with Crippen molar-refractivity contribution >= 4 is 23.5 Å². The fraction of sp³-hybridized carbons (Fsp3) is 0.500. The summed E-state index contributed by atoms with van der Waals surface area (Å²) in [6.07, 6.45) is 2.61. The SMILES string of the molecule is CCCC[C@@H](CCC(=O)Nc1ccc(C(=O)OCC)cc1)C(=O)[O-]. The fourth-order valence-electron chi connectivity index (χ4n) is 2.26. The molecule has 1 amide bonds. The molecule has 1 aromatic rings. The maximum atomic E-state index is 11.9. The van der Waals surface area contributed by atoms with Crippen molar-refractivity contribution in [2.24, 2.45) is 5.92 Å². The van der Waals surface area contributed by atoms with E-state index in [1.54, 1.807) is 31.2 Å². The van der Waals surface area contributed by atoms with Gasteiger partial charge in [0.1, 0.15) is 0 Å². The molecule has 0 radical (unpaired) electrons. The Hall–Kier alpha value is -2.37. The van der Waals surface area contributed by atoms with Crippen molar-refractivity contribution in [3.05, 3.63) is 29.8 Å². The topological polar surface area (TPSA) is 95.5 Å². The van der Waals surface area contributed by atoms with E-state index < -0.39 is 17.9 Å². The van der Waals surface area contributed by atoms with E-state index in [1.807, 2.05) is 6.92 Å². The van der Waals surface area contributed by atoms with Gasteiger partial charge in [0.2, 0.25) is 5.91 Å². The van der Waals surface area contributed by atoms with Gasteiger partial charge in [0.25, 0.3) is 0 Å². The molecule has 6 heteroatoms. The van der Waals surface area contributed by atoms with Crippen LogP contribution in [0.4, 0.5) is 5.69 Å². The Labute approximate surface area is 142 Å². The number of carboxylic acid groups (broad SMARTS) is 1. The van der Waals surface area contributed by atoms with E-state index in [4.69, 9.17) is 4.74 Å². The predicted octanol–water partition coefficient (Wildman–Crippen LogP) is 2.14. The van der Waals surface area contributed by atoms with E-state index >= 15 is 0 Å². The number of amides is 1. The second-order valence-electron chi connectivity index (χ2n) is 5.54. The molecule has 1 aromatic carbocycles. The number of ether oxygens (including phenoxy) is 1. The van der Waals surface area contributed by atoms with Crippen LogP contribution in [-0.4, -0.2) is 24.5 Å². The first kappa shape index (κ1) is 19.7. The molecule has 1 rings (SSSR count). The summed E-state index contributed by atoms with van der Waals surface area (Å²) in [5.74, 6) is -2.37. The molecule has 24 heavy (non-hydrogen) atoms. The van der Waals surface area contributed by atoms with Crippen LogP contribution >= 0.6 is 0 Å². The van der Waals surface area contributed by atoms with E-state index in [9.17, 15) is 19.5 Å². The predicted molar refractivity (Wildman–Crippen MR) is 88.3 cm³/mol. The highest BCUT2D eigenvalue weighted by molar-refractivity contribution is 5.93. The number of carboxylic acids is 1. The molecule has 0 aromatic heterocycles. The number of anilines is 1. The molecule has 1 N–H and O–H groups in total. The van der Waals surface area contributed by atoms with Crippen molar-refractivity contribution in [2.75, 3.05) is 11.9 Å². The van der Waals surface area contributed by atoms with Crippen LogP contribution in [-0.2, 0) is 14.3 Å². The number of aliphatic carboxylic acids is 1. The summed E-state index contributed by atoms with van der Waals surface area (Å²) in [5.41, 5.74) is 0.957. The van der Waals surface area contributed by atoms with E-state index in [0.717, 1.165) is 12.8 Å². The number of hydrogen-bond acceptors (Lipinski definition) is 5. The van der Waals surface area contributed by atoms with Gasteiger partial charge in [0.05, 0.1) is 12.2 Å². The number of unbranched alkanes of at least 4 members (excludes halogenated alkanes) is 1. The summed E-state index contributed by atoms with van der Waals surface area (Å²) in [7, 11) is 0. The minimum absolute atomic E-state index is 0.113. The van der Waals surface area contributed by atoms with Crippen molar-refractivity contribution in [2.45, 2.75) is 46.0 Å². The minimum Gasteiger partial charge on any atom is -0.550 e. The Balaban J connectivity index is 2.49. The number of hydrogen-bond donors (Lipinski definition) is 1. The van der Waals surface area contributed by atoms with Crippen molar-refractivity contribution in [1.82, 2.24) is 0 Å². The molecule has 0 heterocycles. The lowest BCUT2D eigenvalue weighted by molar-refractivity contribution is -0.312. The van der Waals surface area contributed by atoms with Crippen LogP contribution in [0.2, 0.25) is 0 Å². The molecule has 0 fully saturated rings. The number of carbonyl (C=O) groups is 3. The van der Waals surface area contributed by atoms with Crippen LogP contribution < -0.4 is 10.4 Å². The van der Waals surface area contributed by atoms with E-state index in [-0.39, 0.29) is 18.7 Å². The van der Waals surface area contributed by atoms with Gasteiger partial charge in [-0.2, -0.15) is 0 Å². The second kappa shape index (κ2) is 10.4. The third kappa shape index (κ3) is 6.81. The molecule has 0 unspecified atom stereocenters. The first-order valence-corrected chi connectivity index (χ1v) is 8.25. The standard InChI is InChI=1S/C18H25NO5/c1-3-5-6-13(17(21)22)9-12-16(20)19-15-10-7-14(8-11-15)18(23)24-4-2/h7-8,10-11,13H,3-6,9,12H2,1-2H3,(H,19,20)(H,21,22)/p-1/t13-/m0/s1. The summed E-state index contributed by atoms with van der Waals surface area (Å²) in [4.78, 5) is 34.5. The largest absolute Gasteiger partial charge is 0.550 e. The Morgan fingerprint density at radius 3 is 2.33 bits per heavy atom. The average molecular weight is 334 g/mol. The van der Waals surface area contributed by atoms with Crippen LogP contribution in [0.1, 0.15) is 56.3 Å². The summed E-state index contributed by atoms with van der Waals surface area (Å²) in [6, 6.07) is 6.35. The normalized spacial score (nSPS) is 11.6. The molecular formula is C18H24NO5-. The van der Waals surface area contributed by atoms with Gasteiger partial charge in [0, 0.05) is 18.1 Å². The van der Waals surface area contributed by atoms with Gasteiger partial charge < -0.3 is 20.0 Å². The number of nitrogens with one attached hydrogen (secondary N) is 1. The molecule has 0 aliphatic carbocycles. The smallest absolute Gasteiger partial charge is 0.338 e. The quantitative estimate of drug-likeness (QED) is 0.661. The lowest BCUT2D eigenvalue weighted by atomic mass is 9.97. The molecular weight excluding hydrogens is 310 g/mol. The maximum Gasteiger partial charge on any atom is 0.338 e. The molecule has 6 nitrogen and oxygen atoms in total. The zero-order valence-electron chi connectivity index (χ0n) is 14.2. The molecule has 0 aliphatic heterocycles. The summed E-state index contributed by atoms with van der Waals surface area (Å²) in [5, 5.41) is 13.7. The van der Waals surface area contributed by atoms with Gasteiger partial charge in [-0.3, -0.25) is 4.79 Å². The van der Waals surface area contributed by atoms with Crippen LogP contribution in [0.3, 0.4) is 0 Å². The van der Waals surface area contributed by atoms with Crippen LogP contribution in [0, 0.1) is 5.92 Å². The Kier molecular flexibility index (Phi) is 8.54. The third-order valence-corrected chi connectivity index (χ3v) is 3.64. The lowest BCUT2D eigenvalue weighted by Crippen LogP contribution is -2.32. The zero-order chi connectivity index (χ0) is 17.9. The highest BCUT2D eigenvalue weighted by Gasteiger charge is 2.13.